The first-order valence-corrected chi connectivity index (χ1v) is 6.25. The van der Waals surface area contributed by atoms with E-state index < -0.39 is 0 Å². The zero-order chi connectivity index (χ0) is 13.8. The van der Waals surface area contributed by atoms with Gasteiger partial charge in [0.25, 0.3) is 0 Å². The lowest BCUT2D eigenvalue weighted by Gasteiger charge is -2.07. The van der Waals surface area contributed by atoms with E-state index in [2.05, 4.69) is 10.4 Å². The monoisotopic (exact) mass is 263 g/mol. The van der Waals surface area contributed by atoms with Crippen molar-refractivity contribution in [2.24, 2.45) is 0 Å². The minimum absolute atomic E-state index is 0.211. The number of ether oxygens (including phenoxy) is 1. The number of hydrogen-bond acceptors (Lipinski definition) is 3. The Kier molecular flexibility index (Phi) is 4.16. The molecule has 0 saturated heterocycles. The summed E-state index contributed by atoms with van der Waals surface area (Å²) in [6.07, 6.45) is 3.34. The second kappa shape index (κ2) is 5.84. The van der Waals surface area contributed by atoms with Crippen molar-refractivity contribution in [3.05, 3.63) is 42.0 Å². The largest absolute Gasteiger partial charge is 0.451 e. The normalized spacial score (nSPS) is 11.0. The van der Waals surface area contributed by atoms with E-state index in [-0.39, 0.29) is 17.6 Å². The van der Waals surface area contributed by atoms with Gasteiger partial charge in [-0.15, -0.1) is 0 Å². The molecule has 2 rings (SSSR count). The van der Waals surface area contributed by atoms with Crippen LogP contribution in [-0.4, -0.2) is 16.8 Å². The summed E-state index contributed by atoms with van der Waals surface area (Å²) in [5.41, 5.74) is 0.880. The third-order valence-electron chi connectivity index (χ3n) is 2.71. The van der Waals surface area contributed by atoms with Gasteiger partial charge in [-0.25, -0.2) is 4.39 Å². The molecule has 0 aliphatic heterocycles. The number of rotatable bonds is 5. The Balaban J connectivity index is 2.13. The van der Waals surface area contributed by atoms with Crippen molar-refractivity contribution in [2.75, 3.05) is 7.05 Å². The van der Waals surface area contributed by atoms with Gasteiger partial charge in [0.15, 0.2) is 17.3 Å². The van der Waals surface area contributed by atoms with E-state index in [1.807, 2.05) is 27.0 Å². The Labute approximate surface area is 112 Å². The fourth-order valence-corrected chi connectivity index (χ4v) is 1.72. The van der Waals surface area contributed by atoms with Crippen LogP contribution < -0.4 is 10.1 Å². The number of hydrogen-bond donors (Lipinski definition) is 1. The van der Waals surface area contributed by atoms with Crippen LogP contribution in [0.2, 0.25) is 0 Å². The fourth-order valence-electron chi connectivity index (χ4n) is 1.72. The van der Waals surface area contributed by atoms with Crippen LogP contribution in [0, 0.1) is 5.82 Å². The summed E-state index contributed by atoms with van der Waals surface area (Å²) < 4.78 is 21.1. The molecule has 1 N–H and O–H groups in total. The van der Waals surface area contributed by atoms with Crippen molar-refractivity contribution in [3.8, 4) is 11.5 Å². The Morgan fingerprint density at radius 1 is 1.42 bits per heavy atom. The molecule has 2 aromatic rings. The number of halogens is 1. The number of nitrogens with zero attached hydrogens (tertiary/aromatic N) is 2. The molecule has 1 aromatic carbocycles. The highest BCUT2D eigenvalue weighted by atomic mass is 19.1. The van der Waals surface area contributed by atoms with Crippen molar-refractivity contribution in [1.29, 1.82) is 0 Å². The summed E-state index contributed by atoms with van der Waals surface area (Å²) in [6, 6.07) is 5.19. The van der Waals surface area contributed by atoms with Crippen molar-refractivity contribution >= 4 is 0 Å². The van der Waals surface area contributed by atoms with E-state index in [0.29, 0.717) is 12.3 Å². The number of nitrogens with one attached hydrogen (secondary N) is 1. The van der Waals surface area contributed by atoms with Crippen LogP contribution in [0.4, 0.5) is 4.39 Å². The average Bonchev–Trinajstić information content (AvgIpc) is 2.82. The summed E-state index contributed by atoms with van der Waals surface area (Å²) in [7, 11) is 1.82. The maximum absolute atomic E-state index is 13.8. The molecule has 0 saturated carbocycles. The number of benzene rings is 1. The van der Waals surface area contributed by atoms with Crippen molar-refractivity contribution in [3.63, 3.8) is 0 Å². The second-order valence-corrected chi connectivity index (χ2v) is 4.65. The molecular weight excluding hydrogens is 245 g/mol. The molecule has 0 radical (unpaired) electrons. The summed E-state index contributed by atoms with van der Waals surface area (Å²) in [4.78, 5) is 0. The van der Waals surface area contributed by atoms with E-state index in [9.17, 15) is 4.39 Å². The fraction of sp³-hybridized carbons (Fsp3) is 0.357. The van der Waals surface area contributed by atoms with Crippen LogP contribution in [0.15, 0.2) is 30.6 Å². The van der Waals surface area contributed by atoms with Gasteiger partial charge in [0, 0.05) is 12.6 Å². The maximum Gasteiger partial charge on any atom is 0.166 e. The third-order valence-corrected chi connectivity index (χ3v) is 2.71. The first kappa shape index (κ1) is 13.5. The highest BCUT2D eigenvalue weighted by Gasteiger charge is 2.08. The molecule has 0 unspecified atom stereocenters. The van der Waals surface area contributed by atoms with Gasteiger partial charge in [0.2, 0.25) is 0 Å². The van der Waals surface area contributed by atoms with Gasteiger partial charge >= 0.3 is 0 Å². The van der Waals surface area contributed by atoms with Crippen molar-refractivity contribution in [1.82, 2.24) is 15.1 Å². The third kappa shape index (κ3) is 3.32. The quantitative estimate of drug-likeness (QED) is 0.900. The summed E-state index contributed by atoms with van der Waals surface area (Å²) in [6.45, 7) is 4.66. The molecule has 1 heterocycles. The predicted molar refractivity (Wildman–Crippen MR) is 71.8 cm³/mol. The summed E-state index contributed by atoms with van der Waals surface area (Å²) in [5.74, 6) is 0.377. The first-order valence-electron chi connectivity index (χ1n) is 6.25. The van der Waals surface area contributed by atoms with Crippen molar-refractivity contribution < 1.29 is 9.13 Å². The van der Waals surface area contributed by atoms with Crippen LogP contribution in [0.25, 0.3) is 0 Å². The molecule has 0 fully saturated rings. The van der Waals surface area contributed by atoms with Gasteiger partial charge in [-0.1, -0.05) is 6.07 Å². The van der Waals surface area contributed by atoms with Gasteiger partial charge in [-0.05, 0) is 38.6 Å². The lowest BCUT2D eigenvalue weighted by atomic mass is 10.2. The molecule has 4 nitrogen and oxygen atoms in total. The van der Waals surface area contributed by atoms with Crippen molar-refractivity contribution in [2.45, 2.75) is 26.4 Å². The zero-order valence-electron chi connectivity index (χ0n) is 11.4. The highest BCUT2D eigenvalue weighted by molar-refractivity contribution is 5.33. The standard InChI is InChI=1S/C14H18FN3O/c1-10(2)18-9-12(8-17-18)19-14-5-4-11(7-16-3)6-13(14)15/h4-6,8-10,16H,7H2,1-3H3. The summed E-state index contributed by atoms with van der Waals surface area (Å²) in [5, 5.41) is 7.12. The molecule has 0 atom stereocenters. The molecule has 0 bridgehead atoms. The summed E-state index contributed by atoms with van der Waals surface area (Å²) >= 11 is 0. The minimum atomic E-state index is -0.370. The number of aromatic nitrogens is 2. The lowest BCUT2D eigenvalue weighted by Crippen LogP contribution is -2.05. The van der Waals surface area contributed by atoms with E-state index >= 15 is 0 Å². The van der Waals surface area contributed by atoms with E-state index in [1.165, 1.54) is 6.07 Å². The Morgan fingerprint density at radius 3 is 2.79 bits per heavy atom. The van der Waals surface area contributed by atoms with Crippen LogP contribution >= 0.6 is 0 Å². The Bertz CT molecular complexity index is 551. The second-order valence-electron chi connectivity index (χ2n) is 4.65. The van der Waals surface area contributed by atoms with Crippen LogP contribution in [-0.2, 0) is 6.54 Å². The van der Waals surface area contributed by atoms with Gasteiger partial charge in [0.05, 0.1) is 12.4 Å². The van der Waals surface area contributed by atoms with Gasteiger partial charge < -0.3 is 10.1 Å². The minimum Gasteiger partial charge on any atom is -0.451 e. The highest BCUT2D eigenvalue weighted by Crippen LogP contribution is 2.25. The van der Waals surface area contributed by atoms with Gasteiger partial charge in [-0.2, -0.15) is 5.10 Å². The zero-order valence-corrected chi connectivity index (χ0v) is 11.4. The van der Waals surface area contributed by atoms with Gasteiger partial charge in [-0.3, -0.25) is 4.68 Å². The Hall–Kier alpha value is -1.88. The molecule has 0 aliphatic rings. The molecular formula is C14H18FN3O. The van der Waals surface area contributed by atoms with Crippen LogP contribution in [0.5, 0.6) is 11.5 Å². The molecule has 102 valence electrons. The first-order chi connectivity index (χ1) is 9.10. The topological polar surface area (TPSA) is 39.1 Å². The molecule has 0 aliphatic carbocycles. The smallest absolute Gasteiger partial charge is 0.166 e. The molecule has 0 amide bonds. The average molecular weight is 263 g/mol. The molecule has 19 heavy (non-hydrogen) atoms. The molecule has 5 heteroatoms. The molecule has 0 spiro atoms. The van der Waals surface area contributed by atoms with Crippen LogP contribution in [0.3, 0.4) is 0 Å². The SMILES string of the molecule is CNCc1ccc(Oc2cnn(C(C)C)c2)c(F)c1. The van der Waals surface area contributed by atoms with E-state index in [1.54, 1.807) is 23.1 Å². The van der Waals surface area contributed by atoms with E-state index in [4.69, 9.17) is 4.74 Å². The maximum atomic E-state index is 13.8. The Morgan fingerprint density at radius 2 is 2.21 bits per heavy atom. The van der Waals surface area contributed by atoms with Gasteiger partial charge in [0.1, 0.15) is 0 Å². The lowest BCUT2D eigenvalue weighted by molar-refractivity contribution is 0.439. The van der Waals surface area contributed by atoms with E-state index in [0.717, 1.165) is 5.56 Å². The molecule has 1 aromatic heterocycles. The van der Waals surface area contributed by atoms with Crippen LogP contribution in [0.1, 0.15) is 25.5 Å². The predicted octanol–water partition coefficient (Wildman–Crippen LogP) is 3.11.